The molecule has 82 valence electrons. The average molecular weight is 229 g/mol. The molecular weight excluding hydrogens is 215 g/mol. The van der Waals surface area contributed by atoms with Gasteiger partial charge in [-0.3, -0.25) is 4.79 Å². The smallest absolute Gasteiger partial charge is 0.135 e. The van der Waals surface area contributed by atoms with E-state index in [1.165, 1.54) is 18.2 Å². The molecule has 0 bridgehead atoms. The molecule has 0 saturated heterocycles. The fourth-order valence-electron chi connectivity index (χ4n) is 1.28. The molecule has 0 fully saturated rings. The lowest BCUT2D eigenvalue weighted by molar-refractivity contribution is -0.121. The molecule has 0 radical (unpaired) electrons. The normalized spacial score (nSPS) is 10.7. The third-order valence-electron chi connectivity index (χ3n) is 2.29. The van der Waals surface area contributed by atoms with Crippen LogP contribution in [0.5, 0.6) is 0 Å². The van der Waals surface area contributed by atoms with Gasteiger partial charge in [-0.2, -0.15) is 0 Å². The van der Waals surface area contributed by atoms with E-state index in [4.69, 9.17) is 11.6 Å². The Morgan fingerprint density at radius 2 is 2.13 bits per heavy atom. The first-order chi connectivity index (χ1) is 7.00. The first-order valence-corrected chi connectivity index (χ1v) is 5.35. The molecular formula is C12H14ClFO. The number of aryl methyl sites for hydroxylation is 1. The number of halogens is 2. The van der Waals surface area contributed by atoms with Crippen LogP contribution >= 0.6 is 11.6 Å². The minimum absolute atomic E-state index is 0.0253. The predicted octanol–water partition coefficient (Wildman–Crippen LogP) is 3.64. The molecule has 0 spiro atoms. The highest BCUT2D eigenvalue weighted by Gasteiger charge is 2.09. The van der Waals surface area contributed by atoms with Crippen molar-refractivity contribution in [2.75, 3.05) is 0 Å². The Kier molecular flexibility index (Phi) is 4.28. The molecule has 3 heteroatoms. The van der Waals surface area contributed by atoms with E-state index in [1.54, 1.807) is 0 Å². The summed E-state index contributed by atoms with van der Waals surface area (Å²) in [4.78, 5) is 11.4. The maximum atomic E-state index is 12.9. The third kappa shape index (κ3) is 3.63. The summed E-state index contributed by atoms with van der Waals surface area (Å²) in [7, 11) is 0. The zero-order chi connectivity index (χ0) is 11.4. The van der Waals surface area contributed by atoms with Crippen molar-refractivity contribution in [3.8, 4) is 0 Å². The Bertz CT molecular complexity index is 361. The first kappa shape index (κ1) is 12.2. The summed E-state index contributed by atoms with van der Waals surface area (Å²) in [5, 5.41) is 0.521. The van der Waals surface area contributed by atoms with Gasteiger partial charge >= 0.3 is 0 Å². The van der Waals surface area contributed by atoms with Gasteiger partial charge in [0, 0.05) is 17.4 Å². The van der Waals surface area contributed by atoms with Crippen LogP contribution in [-0.2, 0) is 11.2 Å². The molecule has 0 aromatic heterocycles. The molecule has 0 heterocycles. The lowest BCUT2D eigenvalue weighted by Crippen LogP contribution is -2.08. The van der Waals surface area contributed by atoms with Crippen molar-refractivity contribution < 1.29 is 9.18 Å². The van der Waals surface area contributed by atoms with Gasteiger partial charge in [0.15, 0.2) is 0 Å². The Morgan fingerprint density at radius 3 is 2.73 bits per heavy atom. The molecule has 0 unspecified atom stereocenters. The number of ketones is 1. The van der Waals surface area contributed by atoms with Crippen molar-refractivity contribution in [3.63, 3.8) is 0 Å². The summed E-state index contributed by atoms with van der Waals surface area (Å²) >= 11 is 5.88. The van der Waals surface area contributed by atoms with E-state index in [0.717, 1.165) is 0 Å². The molecule has 15 heavy (non-hydrogen) atoms. The summed E-state index contributed by atoms with van der Waals surface area (Å²) in [6.07, 6.45) is 0.925. The van der Waals surface area contributed by atoms with Crippen LogP contribution in [0.2, 0.25) is 5.02 Å². The molecule has 0 aliphatic heterocycles. The van der Waals surface area contributed by atoms with Gasteiger partial charge in [-0.1, -0.05) is 25.4 Å². The van der Waals surface area contributed by atoms with E-state index in [0.29, 0.717) is 23.4 Å². The van der Waals surface area contributed by atoms with Crippen LogP contribution in [0.25, 0.3) is 0 Å². The lowest BCUT2D eigenvalue weighted by atomic mass is 10.0. The molecule has 0 amide bonds. The van der Waals surface area contributed by atoms with E-state index >= 15 is 0 Å². The van der Waals surface area contributed by atoms with Gasteiger partial charge in [0.05, 0.1) is 0 Å². The molecule has 1 nitrogen and oxygen atoms in total. The Labute approximate surface area is 94.3 Å². The molecule has 1 aromatic carbocycles. The SMILES string of the molecule is CC(C)C(=O)CCc1cc(F)ccc1Cl. The first-order valence-electron chi connectivity index (χ1n) is 4.97. The number of carbonyl (C=O) groups excluding carboxylic acids is 1. The molecule has 0 N–H and O–H groups in total. The van der Waals surface area contributed by atoms with Gasteiger partial charge in [-0.25, -0.2) is 4.39 Å². The number of hydrogen-bond donors (Lipinski definition) is 0. The fourth-order valence-corrected chi connectivity index (χ4v) is 1.49. The van der Waals surface area contributed by atoms with Gasteiger partial charge in [0.25, 0.3) is 0 Å². The summed E-state index contributed by atoms with van der Waals surface area (Å²) in [6.45, 7) is 3.71. The average Bonchev–Trinajstić information content (AvgIpc) is 2.18. The molecule has 0 aliphatic carbocycles. The summed E-state index contributed by atoms with van der Waals surface area (Å²) in [5.41, 5.74) is 0.700. The second kappa shape index (κ2) is 5.26. The van der Waals surface area contributed by atoms with Gasteiger partial charge in [0.1, 0.15) is 11.6 Å². The van der Waals surface area contributed by atoms with Crippen LogP contribution in [-0.4, -0.2) is 5.78 Å². The minimum atomic E-state index is -0.314. The topological polar surface area (TPSA) is 17.1 Å². The zero-order valence-corrected chi connectivity index (χ0v) is 9.64. The molecule has 0 atom stereocenters. The van der Waals surface area contributed by atoms with Gasteiger partial charge in [-0.05, 0) is 30.2 Å². The number of rotatable bonds is 4. The van der Waals surface area contributed by atoms with E-state index in [9.17, 15) is 9.18 Å². The van der Waals surface area contributed by atoms with Crippen molar-refractivity contribution in [1.29, 1.82) is 0 Å². The highest BCUT2D eigenvalue weighted by Crippen LogP contribution is 2.19. The van der Waals surface area contributed by atoms with Crippen LogP contribution in [0.4, 0.5) is 4.39 Å². The maximum absolute atomic E-state index is 12.9. The van der Waals surface area contributed by atoms with Crippen LogP contribution < -0.4 is 0 Å². The Morgan fingerprint density at radius 1 is 1.47 bits per heavy atom. The number of Topliss-reactive ketones (excluding diaryl/α,β-unsaturated/α-hetero) is 1. The Balaban J connectivity index is 2.65. The second-order valence-electron chi connectivity index (χ2n) is 3.86. The van der Waals surface area contributed by atoms with E-state index in [2.05, 4.69) is 0 Å². The zero-order valence-electron chi connectivity index (χ0n) is 8.89. The van der Waals surface area contributed by atoms with E-state index in [-0.39, 0.29) is 17.5 Å². The largest absolute Gasteiger partial charge is 0.299 e. The van der Waals surface area contributed by atoms with Crippen LogP contribution in [0.3, 0.4) is 0 Å². The standard InChI is InChI=1S/C12H14ClFO/c1-8(2)12(15)6-3-9-7-10(14)4-5-11(9)13/h4-5,7-8H,3,6H2,1-2H3. The second-order valence-corrected chi connectivity index (χ2v) is 4.26. The quantitative estimate of drug-likeness (QED) is 0.769. The van der Waals surface area contributed by atoms with Crippen molar-refractivity contribution in [3.05, 3.63) is 34.6 Å². The van der Waals surface area contributed by atoms with Crippen molar-refractivity contribution >= 4 is 17.4 Å². The minimum Gasteiger partial charge on any atom is -0.299 e. The Hall–Kier alpha value is -0.890. The van der Waals surface area contributed by atoms with Crippen LogP contribution in [0, 0.1) is 11.7 Å². The molecule has 1 rings (SSSR count). The number of benzene rings is 1. The van der Waals surface area contributed by atoms with Gasteiger partial charge in [0.2, 0.25) is 0 Å². The highest BCUT2D eigenvalue weighted by atomic mass is 35.5. The monoisotopic (exact) mass is 228 g/mol. The van der Waals surface area contributed by atoms with Gasteiger partial charge < -0.3 is 0 Å². The highest BCUT2D eigenvalue weighted by molar-refractivity contribution is 6.31. The van der Waals surface area contributed by atoms with Crippen molar-refractivity contribution in [2.45, 2.75) is 26.7 Å². The predicted molar refractivity (Wildman–Crippen MR) is 59.6 cm³/mol. The summed E-state index contributed by atoms with van der Waals surface area (Å²) < 4.78 is 12.9. The number of hydrogen-bond acceptors (Lipinski definition) is 1. The van der Waals surface area contributed by atoms with Gasteiger partial charge in [-0.15, -0.1) is 0 Å². The van der Waals surface area contributed by atoms with Crippen LogP contribution in [0.15, 0.2) is 18.2 Å². The third-order valence-corrected chi connectivity index (χ3v) is 2.66. The summed E-state index contributed by atoms with van der Waals surface area (Å²) in [6, 6.07) is 4.22. The number of carbonyl (C=O) groups is 1. The van der Waals surface area contributed by atoms with Crippen molar-refractivity contribution in [2.24, 2.45) is 5.92 Å². The maximum Gasteiger partial charge on any atom is 0.135 e. The molecule has 0 aliphatic rings. The fraction of sp³-hybridized carbons (Fsp3) is 0.417. The lowest BCUT2D eigenvalue weighted by Gasteiger charge is -2.05. The van der Waals surface area contributed by atoms with Crippen molar-refractivity contribution in [1.82, 2.24) is 0 Å². The summed E-state index contributed by atoms with van der Waals surface area (Å²) in [5.74, 6) is -0.112. The molecule has 0 saturated carbocycles. The molecule has 1 aromatic rings. The van der Waals surface area contributed by atoms with E-state index < -0.39 is 0 Å². The van der Waals surface area contributed by atoms with Crippen LogP contribution in [0.1, 0.15) is 25.8 Å². The van der Waals surface area contributed by atoms with E-state index in [1.807, 2.05) is 13.8 Å².